The molecule has 2 aliphatic rings. The quantitative estimate of drug-likeness (QED) is 0.603. The standard InChI is InChI=1S/C24H21NO2S/c1-25-22(18-12-6-3-7-13-18)21(17-10-4-2-5-11-17)24(27-25)23(26)20-15-9-8-14-19(20)16-28-24/h2-15,21-22H,16H2,1H3/t21-,22-,24?/m0/s1. The highest BCUT2D eigenvalue weighted by Crippen LogP contribution is 2.59. The van der Waals surface area contributed by atoms with Gasteiger partial charge in [0.25, 0.3) is 0 Å². The average molecular weight is 388 g/mol. The van der Waals surface area contributed by atoms with Gasteiger partial charge >= 0.3 is 0 Å². The number of rotatable bonds is 2. The number of hydrogen-bond acceptors (Lipinski definition) is 4. The van der Waals surface area contributed by atoms with Crippen molar-refractivity contribution in [3.63, 3.8) is 0 Å². The molecule has 4 heteroatoms. The largest absolute Gasteiger partial charge is 0.290 e. The van der Waals surface area contributed by atoms with Crippen molar-refractivity contribution in [3.05, 3.63) is 107 Å². The molecule has 5 rings (SSSR count). The monoisotopic (exact) mass is 387 g/mol. The van der Waals surface area contributed by atoms with E-state index in [0.717, 1.165) is 28.0 Å². The molecule has 0 aromatic heterocycles. The molecule has 2 heterocycles. The van der Waals surface area contributed by atoms with E-state index in [1.807, 2.05) is 72.8 Å². The first kappa shape index (κ1) is 17.7. The van der Waals surface area contributed by atoms with Crippen molar-refractivity contribution in [1.82, 2.24) is 5.06 Å². The first-order valence-corrected chi connectivity index (χ1v) is 10.5. The van der Waals surface area contributed by atoms with Crippen LogP contribution in [0.2, 0.25) is 0 Å². The van der Waals surface area contributed by atoms with Crippen LogP contribution in [-0.4, -0.2) is 22.8 Å². The van der Waals surface area contributed by atoms with E-state index in [-0.39, 0.29) is 17.7 Å². The van der Waals surface area contributed by atoms with Crippen molar-refractivity contribution in [2.75, 3.05) is 7.05 Å². The maximum Gasteiger partial charge on any atom is 0.208 e. The molecule has 0 N–H and O–H groups in total. The molecule has 0 aliphatic carbocycles. The van der Waals surface area contributed by atoms with Crippen LogP contribution >= 0.6 is 11.8 Å². The molecule has 1 spiro atoms. The summed E-state index contributed by atoms with van der Waals surface area (Å²) in [5.74, 6) is 0.728. The Balaban J connectivity index is 1.69. The lowest BCUT2D eigenvalue weighted by molar-refractivity contribution is -0.143. The average Bonchev–Trinajstić information content (AvgIpc) is 3.05. The number of benzene rings is 3. The molecule has 0 radical (unpaired) electrons. The van der Waals surface area contributed by atoms with E-state index < -0.39 is 4.93 Å². The number of carbonyl (C=O) groups is 1. The Morgan fingerprint density at radius 3 is 2.21 bits per heavy atom. The van der Waals surface area contributed by atoms with Gasteiger partial charge in [-0.05, 0) is 16.7 Å². The number of thioether (sulfide) groups is 1. The number of hydrogen-bond donors (Lipinski definition) is 0. The maximum absolute atomic E-state index is 13.8. The molecule has 1 unspecified atom stereocenters. The fourth-order valence-corrected chi connectivity index (χ4v) is 5.94. The number of fused-ring (bicyclic) bond motifs is 1. The molecule has 0 saturated carbocycles. The van der Waals surface area contributed by atoms with E-state index in [9.17, 15) is 4.79 Å². The van der Waals surface area contributed by atoms with E-state index in [1.54, 1.807) is 11.8 Å². The third-order valence-electron chi connectivity index (χ3n) is 5.72. The molecule has 1 saturated heterocycles. The predicted octanol–water partition coefficient (Wildman–Crippen LogP) is 5.21. The molecular weight excluding hydrogens is 366 g/mol. The van der Waals surface area contributed by atoms with Crippen LogP contribution in [0.15, 0.2) is 84.9 Å². The topological polar surface area (TPSA) is 29.5 Å². The molecule has 3 atom stereocenters. The van der Waals surface area contributed by atoms with Gasteiger partial charge in [0.15, 0.2) is 0 Å². The molecule has 3 aromatic rings. The van der Waals surface area contributed by atoms with E-state index in [0.29, 0.717) is 0 Å². The van der Waals surface area contributed by atoms with Crippen molar-refractivity contribution < 1.29 is 9.63 Å². The Labute approximate surface area is 169 Å². The molecule has 1 fully saturated rings. The molecule has 3 nitrogen and oxygen atoms in total. The van der Waals surface area contributed by atoms with Crippen LogP contribution in [-0.2, 0) is 10.6 Å². The summed E-state index contributed by atoms with van der Waals surface area (Å²) >= 11 is 1.62. The second-order valence-corrected chi connectivity index (χ2v) is 8.51. The van der Waals surface area contributed by atoms with Crippen LogP contribution < -0.4 is 0 Å². The first-order valence-electron chi connectivity index (χ1n) is 9.49. The molecule has 28 heavy (non-hydrogen) atoms. The number of carbonyl (C=O) groups excluding carboxylic acids is 1. The summed E-state index contributed by atoms with van der Waals surface area (Å²) in [6.07, 6.45) is 0. The summed E-state index contributed by atoms with van der Waals surface area (Å²) in [7, 11) is 1.94. The van der Waals surface area contributed by atoms with E-state index >= 15 is 0 Å². The second kappa shape index (κ2) is 6.89. The third-order valence-corrected chi connectivity index (χ3v) is 7.11. The number of ketones is 1. The van der Waals surface area contributed by atoms with Gasteiger partial charge in [-0.15, -0.1) is 11.8 Å². The summed E-state index contributed by atoms with van der Waals surface area (Å²) in [5.41, 5.74) is 4.15. The molecular formula is C24H21NO2S. The van der Waals surface area contributed by atoms with Crippen molar-refractivity contribution in [3.8, 4) is 0 Å². The van der Waals surface area contributed by atoms with Gasteiger partial charge in [-0.2, -0.15) is 5.06 Å². The lowest BCUT2D eigenvalue weighted by atomic mass is 9.80. The van der Waals surface area contributed by atoms with Crippen LogP contribution in [0.3, 0.4) is 0 Å². The second-order valence-electron chi connectivity index (χ2n) is 7.32. The molecule has 3 aromatic carbocycles. The fraction of sp³-hybridized carbons (Fsp3) is 0.208. The predicted molar refractivity (Wildman–Crippen MR) is 112 cm³/mol. The van der Waals surface area contributed by atoms with Crippen LogP contribution in [0.25, 0.3) is 0 Å². The van der Waals surface area contributed by atoms with E-state index in [4.69, 9.17) is 4.84 Å². The summed E-state index contributed by atoms with van der Waals surface area (Å²) in [4.78, 5) is 19.3. The Morgan fingerprint density at radius 1 is 0.893 bits per heavy atom. The Kier molecular flexibility index (Phi) is 4.35. The number of hydroxylamine groups is 2. The minimum absolute atomic E-state index is 0.0367. The highest BCUT2D eigenvalue weighted by atomic mass is 32.2. The molecule has 140 valence electrons. The highest BCUT2D eigenvalue weighted by molar-refractivity contribution is 8.00. The SMILES string of the molecule is CN1OC2(SCc3ccccc3C2=O)[C@@H](c2ccccc2)[C@@H]1c1ccccc1. The summed E-state index contributed by atoms with van der Waals surface area (Å²) in [5, 5.41) is 1.88. The van der Waals surface area contributed by atoms with Gasteiger partial charge in [-0.25, -0.2) is 0 Å². The zero-order valence-corrected chi connectivity index (χ0v) is 16.4. The van der Waals surface area contributed by atoms with Crippen LogP contribution in [0.5, 0.6) is 0 Å². The lowest BCUT2D eigenvalue weighted by Gasteiger charge is -2.36. The highest BCUT2D eigenvalue weighted by Gasteiger charge is 2.61. The summed E-state index contributed by atoms with van der Waals surface area (Å²) in [6, 6.07) is 28.5. The number of likely N-dealkylation sites (N-methyl/N-ethyl adjacent to an activating group) is 1. The normalized spacial score (nSPS) is 27.1. The Bertz CT molecular complexity index is 1010. The zero-order chi connectivity index (χ0) is 19.1. The van der Waals surface area contributed by atoms with Gasteiger partial charge in [0, 0.05) is 18.4 Å². The van der Waals surface area contributed by atoms with Gasteiger partial charge in [-0.3, -0.25) is 9.63 Å². The fourth-order valence-electron chi connectivity index (χ4n) is 4.46. The summed E-state index contributed by atoms with van der Waals surface area (Å²) in [6.45, 7) is 0. The van der Waals surface area contributed by atoms with Crippen molar-refractivity contribution >= 4 is 17.5 Å². The third kappa shape index (κ3) is 2.64. The maximum atomic E-state index is 13.8. The minimum atomic E-state index is -0.953. The molecule has 2 aliphatic heterocycles. The minimum Gasteiger partial charge on any atom is -0.290 e. The van der Waals surface area contributed by atoms with Crippen LogP contribution in [0.1, 0.15) is 39.0 Å². The first-order chi connectivity index (χ1) is 13.7. The van der Waals surface area contributed by atoms with Gasteiger partial charge in [0.2, 0.25) is 10.7 Å². The molecule has 0 amide bonds. The zero-order valence-electron chi connectivity index (χ0n) is 15.6. The summed E-state index contributed by atoms with van der Waals surface area (Å²) < 4.78 is 0. The van der Waals surface area contributed by atoms with Crippen molar-refractivity contribution in [1.29, 1.82) is 0 Å². The van der Waals surface area contributed by atoms with Gasteiger partial charge in [0.05, 0.1) is 12.0 Å². The van der Waals surface area contributed by atoms with Crippen LogP contribution in [0.4, 0.5) is 0 Å². The van der Waals surface area contributed by atoms with E-state index in [1.165, 1.54) is 0 Å². The smallest absolute Gasteiger partial charge is 0.208 e. The number of Topliss-reactive ketones (excluding diaryl/α,β-unsaturated/α-hetero) is 1. The Hall–Kier alpha value is -2.40. The van der Waals surface area contributed by atoms with Crippen LogP contribution in [0, 0.1) is 0 Å². The van der Waals surface area contributed by atoms with E-state index in [2.05, 4.69) is 24.3 Å². The number of nitrogens with zero attached hydrogens (tertiary/aromatic N) is 1. The lowest BCUT2D eigenvalue weighted by Crippen LogP contribution is -2.43. The van der Waals surface area contributed by atoms with Crippen molar-refractivity contribution in [2.24, 2.45) is 0 Å². The molecule has 0 bridgehead atoms. The Morgan fingerprint density at radius 2 is 1.50 bits per heavy atom. The van der Waals surface area contributed by atoms with Gasteiger partial charge < -0.3 is 0 Å². The van der Waals surface area contributed by atoms with Gasteiger partial charge in [0.1, 0.15) is 0 Å². The van der Waals surface area contributed by atoms with Crippen molar-refractivity contribution in [2.45, 2.75) is 22.6 Å². The van der Waals surface area contributed by atoms with Gasteiger partial charge in [-0.1, -0.05) is 84.9 Å².